The molecular formula is C19H15N3O4. The lowest BCUT2D eigenvalue weighted by atomic mass is 10.1. The van der Waals surface area contributed by atoms with Gasteiger partial charge in [-0.15, -0.1) is 0 Å². The zero-order valence-corrected chi connectivity index (χ0v) is 13.9. The Morgan fingerprint density at radius 1 is 1.31 bits per heavy atom. The van der Waals surface area contributed by atoms with Gasteiger partial charge in [-0.1, -0.05) is 18.2 Å². The Morgan fingerprint density at radius 3 is 2.81 bits per heavy atom. The third kappa shape index (κ3) is 3.65. The summed E-state index contributed by atoms with van der Waals surface area (Å²) in [6.45, 7) is -0.488. The molecule has 26 heavy (non-hydrogen) atoms. The molecule has 0 fully saturated rings. The van der Waals surface area contributed by atoms with E-state index in [0.29, 0.717) is 22.7 Å². The van der Waals surface area contributed by atoms with Gasteiger partial charge in [-0.25, -0.2) is 9.78 Å². The Labute approximate surface area is 149 Å². The van der Waals surface area contributed by atoms with E-state index < -0.39 is 12.6 Å². The molecule has 2 aromatic carbocycles. The summed E-state index contributed by atoms with van der Waals surface area (Å²) in [5.74, 6) is 0.0571. The number of benzene rings is 2. The topological polar surface area (TPSA) is 108 Å². The number of nitriles is 1. The molecule has 0 radical (unpaired) electrons. The minimum absolute atomic E-state index is 0.283. The van der Waals surface area contributed by atoms with Crippen molar-refractivity contribution >= 4 is 28.7 Å². The number of para-hydroxylation sites is 2. The van der Waals surface area contributed by atoms with Crippen LogP contribution in [0.15, 0.2) is 42.5 Å². The summed E-state index contributed by atoms with van der Waals surface area (Å²) in [4.78, 5) is 18.2. The first-order chi connectivity index (χ1) is 12.6. The number of allylic oxidation sites excluding steroid dienone is 1. The van der Waals surface area contributed by atoms with Gasteiger partial charge in [0.25, 0.3) is 0 Å². The maximum absolute atomic E-state index is 10.7. The molecule has 0 saturated carbocycles. The second-order valence-electron chi connectivity index (χ2n) is 5.37. The van der Waals surface area contributed by atoms with Crippen LogP contribution in [0.2, 0.25) is 0 Å². The summed E-state index contributed by atoms with van der Waals surface area (Å²) in [5, 5.41) is 18.3. The standard InChI is InChI=1S/C19H15N3O4/c1-25-16-7-6-12(9-17(16)26-11-18(23)24)8-13(10-20)19-21-14-4-2-3-5-15(14)22-19/h2-9H,11H2,1H3,(H,21,22)(H,23,24)/b13-8+. The van der Waals surface area contributed by atoms with Gasteiger partial charge in [-0.2, -0.15) is 5.26 Å². The minimum Gasteiger partial charge on any atom is -0.493 e. The predicted octanol–water partition coefficient (Wildman–Crippen LogP) is 3.10. The van der Waals surface area contributed by atoms with Gasteiger partial charge in [-0.3, -0.25) is 0 Å². The van der Waals surface area contributed by atoms with Crippen LogP contribution in [-0.4, -0.2) is 34.8 Å². The highest BCUT2D eigenvalue weighted by molar-refractivity contribution is 5.90. The first kappa shape index (κ1) is 17.0. The highest BCUT2D eigenvalue weighted by atomic mass is 16.5. The third-order valence-electron chi connectivity index (χ3n) is 3.61. The number of fused-ring (bicyclic) bond motifs is 1. The van der Waals surface area contributed by atoms with Crippen molar-refractivity contribution in [3.63, 3.8) is 0 Å². The lowest BCUT2D eigenvalue weighted by Crippen LogP contribution is -2.10. The number of hydrogen-bond donors (Lipinski definition) is 2. The van der Waals surface area contributed by atoms with Crippen molar-refractivity contribution in [2.45, 2.75) is 0 Å². The van der Waals surface area contributed by atoms with Crippen molar-refractivity contribution in [1.29, 1.82) is 5.26 Å². The smallest absolute Gasteiger partial charge is 0.341 e. The highest BCUT2D eigenvalue weighted by Gasteiger charge is 2.10. The molecule has 0 aliphatic heterocycles. The van der Waals surface area contributed by atoms with Crippen LogP contribution < -0.4 is 9.47 Å². The number of nitrogens with one attached hydrogen (secondary N) is 1. The largest absolute Gasteiger partial charge is 0.493 e. The number of rotatable bonds is 6. The number of hydrogen-bond acceptors (Lipinski definition) is 5. The molecular weight excluding hydrogens is 334 g/mol. The lowest BCUT2D eigenvalue weighted by Gasteiger charge is -2.09. The number of aromatic amines is 1. The van der Waals surface area contributed by atoms with Crippen LogP contribution >= 0.6 is 0 Å². The Hall–Kier alpha value is -3.79. The fourth-order valence-corrected chi connectivity index (χ4v) is 2.44. The van der Waals surface area contributed by atoms with Gasteiger partial charge in [0.15, 0.2) is 18.1 Å². The number of nitrogens with zero attached hydrogens (tertiary/aromatic N) is 2. The van der Waals surface area contributed by atoms with Crippen LogP contribution in [0.3, 0.4) is 0 Å². The second kappa shape index (κ2) is 7.40. The van der Waals surface area contributed by atoms with Gasteiger partial charge in [-0.05, 0) is 35.9 Å². The summed E-state index contributed by atoms with van der Waals surface area (Å²) in [6, 6.07) is 14.6. The number of carboxylic acid groups (broad SMARTS) is 1. The van der Waals surface area contributed by atoms with Gasteiger partial charge in [0, 0.05) is 0 Å². The van der Waals surface area contributed by atoms with Crippen LogP contribution in [0.4, 0.5) is 0 Å². The summed E-state index contributed by atoms with van der Waals surface area (Å²) >= 11 is 0. The van der Waals surface area contributed by atoms with Gasteiger partial charge < -0.3 is 19.6 Å². The molecule has 0 unspecified atom stereocenters. The number of carbonyl (C=O) groups is 1. The molecule has 7 heteroatoms. The number of aromatic nitrogens is 2. The van der Waals surface area contributed by atoms with Gasteiger partial charge in [0.2, 0.25) is 0 Å². The molecule has 0 aliphatic carbocycles. The molecule has 1 heterocycles. The Balaban J connectivity index is 1.97. The molecule has 0 atom stereocenters. The maximum Gasteiger partial charge on any atom is 0.341 e. The van der Waals surface area contributed by atoms with E-state index in [0.717, 1.165) is 11.0 Å². The summed E-state index contributed by atoms with van der Waals surface area (Å²) < 4.78 is 10.4. The van der Waals surface area contributed by atoms with E-state index in [1.165, 1.54) is 7.11 Å². The molecule has 2 N–H and O–H groups in total. The first-order valence-electron chi connectivity index (χ1n) is 7.70. The summed E-state index contributed by atoms with van der Waals surface area (Å²) in [6.07, 6.45) is 1.64. The number of H-pyrrole nitrogens is 1. The maximum atomic E-state index is 10.7. The molecule has 7 nitrogen and oxygen atoms in total. The molecule has 0 bridgehead atoms. The van der Waals surface area contributed by atoms with Gasteiger partial charge in [0.05, 0.1) is 23.7 Å². The molecule has 0 saturated heterocycles. The minimum atomic E-state index is -1.09. The van der Waals surface area contributed by atoms with E-state index in [1.54, 1.807) is 24.3 Å². The molecule has 1 aromatic heterocycles. The quantitative estimate of drug-likeness (QED) is 0.662. The van der Waals surface area contributed by atoms with E-state index >= 15 is 0 Å². The van der Waals surface area contributed by atoms with Crippen LogP contribution in [0, 0.1) is 11.3 Å². The van der Waals surface area contributed by atoms with Crippen molar-refractivity contribution in [3.8, 4) is 17.6 Å². The molecule has 130 valence electrons. The molecule has 0 aliphatic rings. The highest BCUT2D eigenvalue weighted by Crippen LogP contribution is 2.29. The zero-order chi connectivity index (χ0) is 18.5. The third-order valence-corrected chi connectivity index (χ3v) is 3.61. The number of imidazole rings is 1. The fraction of sp³-hybridized carbons (Fsp3) is 0.105. The molecule has 0 spiro atoms. The van der Waals surface area contributed by atoms with Crippen molar-refractivity contribution < 1.29 is 19.4 Å². The van der Waals surface area contributed by atoms with Crippen molar-refractivity contribution in [3.05, 3.63) is 53.9 Å². The van der Waals surface area contributed by atoms with E-state index in [9.17, 15) is 10.1 Å². The number of methoxy groups -OCH3 is 1. The molecule has 3 rings (SSSR count). The normalized spacial score (nSPS) is 11.2. The van der Waals surface area contributed by atoms with Crippen LogP contribution in [0.25, 0.3) is 22.7 Å². The fourth-order valence-electron chi connectivity index (χ4n) is 2.44. The number of ether oxygens (including phenoxy) is 2. The van der Waals surface area contributed by atoms with E-state index in [1.807, 2.05) is 24.3 Å². The Morgan fingerprint density at radius 2 is 2.12 bits per heavy atom. The van der Waals surface area contributed by atoms with Gasteiger partial charge in [0.1, 0.15) is 11.9 Å². The molecule has 0 amide bonds. The summed E-state index contributed by atoms with van der Waals surface area (Å²) in [5.41, 5.74) is 2.60. The average molecular weight is 349 g/mol. The van der Waals surface area contributed by atoms with Crippen molar-refractivity contribution in [1.82, 2.24) is 9.97 Å². The SMILES string of the molecule is COc1ccc(/C=C(\C#N)c2nc3ccccc3[nH]2)cc1OCC(=O)O. The lowest BCUT2D eigenvalue weighted by molar-refractivity contribution is -0.139. The van der Waals surface area contributed by atoms with Crippen LogP contribution in [0.1, 0.15) is 11.4 Å². The number of aliphatic carboxylic acids is 1. The zero-order valence-electron chi connectivity index (χ0n) is 13.9. The first-order valence-corrected chi connectivity index (χ1v) is 7.70. The molecule has 3 aromatic rings. The number of carboxylic acids is 1. The van der Waals surface area contributed by atoms with Gasteiger partial charge >= 0.3 is 5.97 Å². The second-order valence-corrected chi connectivity index (χ2v) is 5.37. The summed E-state index contributed by atoms with van der Waals surface area (Å²) in [7, 11) is 1.47. The Bertz CT molecular complexity index is 998. The van der Waals surface area contributed by atoms with Crippen LogP contribution in [-0.2, 0) is 4.79 Å². The van der Waals surface area contributed by atoms with E-state index in [2.05, 4.69) is 16.0 Å². The van der Waals surface area contributed by atoms with Crippen molar-refractivity contribution in [2.24, 2.45) is 0 Å². The van der Waals surface area contributed by atoms with E-state index in [-0.39, 0.29) is 5.75 Å². The van der Waals surface area contributed by atoms with Crippen LogP contribution in [0.5, 0.6) is 11.5 Å². The predicted molar refractivity (Wildman–Crippen MR) is 95.7 cm³/mol. The average Bonchev–Trinajstić information content (AvgIpc) is 3.08. The van der Waals surface area contributed by atoms with E-state index in [4.69, 9.17) is 14.6 Å². The Kier molecular flexibility index (Phi) is 4.85. The van der Waals surface area contributed by atoms with Crippen molar-refractivity contribution in [2.75, 3.05) is 13.7 Å². The monoisotopic (exact) mass is 349 g/mol.